The van der Waals surface area contributed by atoms with Crippen molar-refractivity contribution in [1.29, 1.82) is 5.26 Å². The Morgan fingerprint density at radius 1 is 1.73 bits per heavy atom. The van der Waals surface area contributed by atoms with E-state index in [1.807, 2.05) is 6.07 Å². The predicted octanol–water partition coefficient (Wildman–Crippen LogP) is 1.72. The highest BCUT2D eigenvalue weighted by molar-refractivity contribution is 9.10. The predicted molar refractivity (Wildman–Crippen MR) is 43.2 cm³/mol. The Balaban J connectivity index is 3.19. The highest BCUT2D eigenvalue weighted by Crippen LogP contribution is 2.18. The quantitative estimate of drug-likeness (QED) is 0.667. The van der Waals surface area contributed by atoms with Gasteiger partial charge in [0.05, 0.1) is 18.9 Å². The average molecular weight is 213 g/mol. The van der Waals surface area contributed by atoms with E-state index in [-0.39, 0.29) is 0 Å². The van der Waals surface area contributed by atoms with E-state index < -0.39 is 0 Å². The van der Waals surface area contributed by atoms with Gasteiger partial charge in [0, 0.05) is 0 Å². The van der Waals surface area contributed by atoms with Crippen LogP contribution >= 0.6 is 15.9 Å². The molecule has 56 valence electrons. The third-order valence-corrected chi connectivity index (χ3v) is 1.61. The van der Waals surface area contributed by atoms with E-state index in [1.165, 1.54) is 13.3 Å². The Morgan fingerprint density at radius 3 is 3.00 bits per heavy atom. The zero-order valence-corrected chi connectivity index (χ0v) is 7.42. The first kappa shape index (κ1) is 8.02. The van der Waals surface area contributed by atoms with Gasteiger partial charge in [-0.1, -0.05) is 0 Å². The van der Waals surface area contributed by atoms with Crippen molar-refractivity contribution in [3.8, 4) is 11.8 Å². The minimum atomic E-state index is 0.481. The first-order valence-electron chi connectivity index (χ1n) is 2.87. The maximum absolute atomic E-state index is 8.60. The molecular formula is C7H5BrN2O. The van der Waals surface area contributed by atoms with Gasteiger partial charge in [-0.2, -0.15) is 5.26 Å². The molecule has 0 aliphatic heterocycles. The molecule has 0 fully saturated rings. The van der Waals surface area contributed by atoms with E-state index in [0.717, 1.165) is 0 Å². The van der Waals surface area contributed by atoms with Crippen LogP contribution in [0.2, 0.25) is 0 Å². The lowest BCUT2D eigenvalue weighted by Crippen LogP contribution is -1.89. The van der Waals surface area contributed by atoms with Crippen molar-refractivity contribution in [1.82, 2.24) is 4.98 Å². The normalized spacial score (nSPS) is 8.82. The minimum Gasteiger partial charge on any atom is -0.494 e. The lowest BCUT2D eigenvalue weighted by molar-refractivity contribution is 0.411. The van der Waals surface area contributed by atoms with Gasteiger partial charge in [0.15, 0.2) is 5.75 Å². The third kappa shape index (κ3) is 1.69. The van der Waals surface area contributed by atoms with Crippen molar-refractivity contribution in [2.45, 2.75) is 0 Å². The number of nitrogens with zero attached hydrogens (tertiary/aromatic N) is 2. The number of methoxy groups -OCH3 is 1. The molecule has 1 rings (SSSR count). The molecule has 0 spiro atoms. The van der Waals surface area contributed by atoms with Crippen molar-refractivity contribution in [2.75, 3.05) is 7.11 Å². The summed E-state index contributed by atoms with van der Waals surface area (Å²) in [5.74, 6) is 0.496. The van der Waals surface area contributed by atoms with E-state index in [4.69, 9.17) is 10.00 Å². The number of ether oxygens (including phenoxy) is 1. The van der Waals surface area contributed by atoms with Gasteiger partial charge in [0.25, 0.3) is 0 Å². The van der Waals surface area contributed by atoms with Gasteiger partial charge in [-0.3, -0.25) is 0 Å². The summed E-state index contributed by atoms with van der Waals surface area (Å²) < 4.78 is 5.52. The molecule has 0 radical (unpaired) electrons. The molecule has 1 heterocycles. The van der Waals surface area contributed by atoms with E-state index in [2.05, 4.69) is 20.9 Å². The molecule has 3 nitrogen and oxygen atoms in total. The molecule has 0 saturated heterocycles. The smallest absolute Gasteiger partial charge is 0.154 e. The standard InChI is InChI=1S/C7H5BrN2O/c1-11-6-4-10-7(8)2-5(6)3-9/h2,4H,1H3. The second-order valence-corrected chi connectivity index (χ2v) is 2.63. The molecular weight excluding hydrogens is 208 g/mol. The SMILES string of the molecule is COc1cnc(Br)cc1C#N. The van der Waals surface area contributed by atoms with Crippen LogP contribution in [0.4, 0.5) is 0 Å². The zero-order chi connectivity index (χ0) is 8.27. The first-order valence-corrected chi connectivity index (χ1v) is 3.67. The highest BCUT2D eigenvalue weighted by atomic mass is 79.9. The molecule has 0 aromatic carbocycles. The number of rotatable bonds is 1. The number of aromatic nitrogens is 1. The molecule has 1 aromatic heterocycles. The van der Waals surface area contributed by atoms with E-state index in [0.29, 0.717) is 15.9 Å². The van der Waals surface area contributed by atoms with Gasteiger partial charge < -0.3 is 4.74 Å². The van der Waals surface area contributed by atoms with E-state index >= 15 is 0 Å². The number of pyridine rings is 1. The van der Waals surface area contributed by atoms with Gasteiger partial charge in [-0.15, -0.1) is 0 Å². The Morgan fingerprint density at radius 2 is 2.45 bits per heavy atom. The molecule has 0 saturated carbocycles. The van der Waals surface area contributed by atoms with Crippen molar-refractivity contribution >= 4 is 15.9 Å². The summed E-state index contributed by atoms with van der Waals surface area (Å²) in [6, 6.07) is 3.60. The number of hydrogen-bond donors (Lipinski definition) is 0. The summed E-state index contributed by atoms with van der Waals surface area (Å²) in [5.41, 5.74) is 0.481. The summed E-state index contributed by atoms with van der Waals surface area (Å²) in [5, 5.41) is 8.60. The number of nitriles is 1. The second kappa shape index (κ2) is 3.35. The molecule has 0 amide bonds. The van der Waals surface area contributed by atoms with Crippen molar-refractivity contribution < 1.29 is 4.74 Å². The summed E-state index contributed by atoms with van der Waals surface area (Å²) in [4.78, 5) is 3.90. The van der Waals surface area contributed by atoms with Crippen LogP contribution in [0.5, 0.6) is 5.75 Å². The lowest BCUT2D eigenvalue weighted by Gasteiger charge is -1.99. The van der Waals surface area contributed by atoms with Crippen molar-refractivity contribution in [2.24, 2.45) is 0 Å². The maximum atomic E-state index is 8.60. The molecule has 0 N–H and O–H groups in total. The van der Waals surface area contributed by atoms with Crippen molar-refractivity contribution in [3.05, 3.63) is 22.4 Å². The Kier molecular flexibility index (Phi) is 2.44. The molecule has 11 heavy (non-hydrogen) atoms. The fraction of sp³-hybridized carbons (Fsp3) is 0.143. The van der Waals surface area contributed by atoms with Crippen LogP contribution in [0.15, 0.2) is 16.9 Å². The Bertz CT molecular complexity index is 306. The van der Waals surface area contributed by atoms with Crippen LogP contribution < -0.4 is 4.74 Å². The number of halogens is 1. The summed E-state index contributed by atoms with van der Waals surface area (Å²) in [7, 11) is 1.51. The molecule has 0 aliphatic rings. The van der Waals surface area contributed by atoms with Gasteiger partial charge in [0.2, 0.25) is 0 Å². The van der Waals surface area contributed by atoms with E-state index in [9.17, 15) is 0 Å². The molecule has 0 unspecified atom stereocenters. The minimum absolute atomic E-state index is 0.481. The first-order chi connectivity index (χ1) is 5.27. The molecule has 0 bridgehead atoms. The van der Waals surface area contributed by atoms with Crippen LogP contribution in [0.25, 0.3) is 0 Å². The molecule has 1 aromatic rings. The molecule has 0 atom stereocenters. The van der Waals surface area contributed by atoms with E-state index in [1.54, 1.807) is 6.07 Å². The Hall–Kier alpha value is -1.08. The third-order valence-electron chi connectivity index (χ3n) is 1.17. The van der Waals surface area contributed by atoms with Gasteiger partial charge in [-0.05, 0) is 22.0 Å². The lowest BCUT2D eigenvalue weighted by atomic mass is 10.3. The van der Waals surface area contributed by atoms with Gasteiger partial charge in [-0.25, -0.2) is 4.98 Å². The van der Waals surface area contributed by atoms with Crippen LogP contribution in [0, 0.1) is 11.3 Å². The van der Waals surface area contributed by atoms with Crippen LogP contribution in [0.3, 0.4) is 0 Å². The largest absolute Gasteiger partial charge is 0.494 e. The van der Waals surface area contributed by atoms with Crippen LogP contribution in [-0.2, 0) is 0 Å². The topological polar surface area (TPSA) is 45.9 Å². The summed E-state index contributed by atoms with van der Waals surface area (Å²) >= 11 is 3.15. The van der Waals surface area contributed by atoms with Crippen molar-refractivity contribution in [3.63, 3.8) is 0 Å². The summed E-state index contributed by atoms with van der Waals surface area (Å²) in [6.07, 6.45) is 1.50. The fourth-order valence-electron chi connectivity index (χ4n) is 0.667. The van der Waals surface area contributed by atoms with Crippen LogP contribution in [-0.4, -0.2) is 12.1 Å². The average Bonchev–Trinajstić information content (AvgIpc) is 2.04. The maximum Gasteiger partial charge on any atom is 0.154 e. The molecule has 4 heteroatoms. The zero-order valence-electron chi connectivity index (χ0n) is 5.84. The van der Waals surface area contributed by atoms with Gasteiger partial charge >= 0.3 is 0 Å². The summed E-state index contributed by atoms with van der Waals surface area (Å²) in [6.45, 7) is 0. The van der Waals surface area contributed by atoms with Crippen LogP contribution in [0.1, 0.15) is 5.56 Å². The molecule has 0 aliphatic carbocycles. The fourth-order valence-corrected chi connectivity index (χ4v) is 0.999. The number of hydrogen-bond acceptors (Lipinski definition) is 3. The van der Waals surface area contributed by atoms with Gasteiger partial charge in [0.1, 0.15) is 10.7 Å². The monoisotopic (exact) mass is 212 g/mol. The second-order valence-electron chi connectivity index (χ2n) is 1.82. The highest BCUT2D eigenvalue weighted by Gasteiger charge is 2.01. The Labute approximate surface area is 72.8 Å².